The van der Waals surface area contributed by atoms with Crippen LogP contribution in [0.2, 0.25) is 0 Å². The van der Waals surface area contributed by atoms with Gasteiger partial charge in [0.15, 0.2) is 0 Å². The summed E-state index contributed by atoms with van der Waals surface area (Å²) < 4.78 is 0. The molecule has 0 aromatic carbocycles. The van der Waals surface area contributed by atoms with E-state index < -0.39 is 23.8 Å². The van der Waals surface area contributed by atoms with Gasteiger partial charge in [0, 0.05) is 5.25 Å². The summed E-state index contributed by atoms with van der Waals surface area (Å²) in [5, 5.41) is 17.6. The zero-order chi connectivity index (χ0) is 10.0. The van der Waals surface area contributed by atoms with E-state index in [0.717, 1.165) is 0 Å². The van der Waals surface area contributed by atoms with Crippen LogP contribution in [0.4, 0.5) is 0 Å². The predicted molar refractivity (Wildman–Crippen MR) is 48.9 cm³/mol. The second kappa shape index (κ2) is 4.00. The van der Waals surface area contributed by atoms with Crippen molar-refractivity contribution in [3.8, 4) is 0 Å². The summed E-state index contributed by atoms with van der Waals surface area (Å²) in [5.41, 5.74) is 0. The summed E-state index contributed by atoms with van der Waals surface area (Å²) >= 11 is 4.17. The molecule has 3 atom stereocenters. The quantitative estimate of drug-likeness (QED) is 0.583. The third-order valence-corrected chi connectivity index (χ3v) is 2.93. The molecule has 13 heavy (non-hydrogen) atoms. The molecule has 1 rings (SSSR count). The summed E-state index contributed by atoms with van der Waals surface area (Å²) in [4.78, 5) is 21.4. The van der Waals surface area contributed by atoms with Gasteiger partial charge in [-0.25, -0.2) is 0 Å². The molecule has 0 spiro atoms. The van der Waals surface area contributed by atoms with Crippen molar-refractivity contribution < 1.29 is 19.8 Å². The maximum Gasteiger partial charge on any atom is 0.307 e. The van der Waals surface area contributed by atoms with Crippen LogP contribution in [-0.2, 0) is 9.59 Å². The Morgan fingerprint density at radius 1 is 1.08 bits per heavy atom. The minimum Gasteiger partial charge on any atom is -0.481 e. The van der Waals surface area contributed by atoms with Crippen LogP contribution in [0.3, 0.4) is 0 Å². The lowest BCUT2D eigenvalue weighted by Crippen LogP contribution is -2.35. The molecule has 3 unspecified atom stereocenters. The molecule has 5 heteroatoms. The molecule has 0 heterocycles. The number of carbonyl (C=O) groups is 2. The first-order valence-electron chi connectivity index (χ1n) is 4.16. The first-order valence-corrected chi connectivity index (χ1v) is 4.67. The molecule has 0 aromatic rings. The molecule has 0 aliphatic heterocycles. The Kier molecular flexibility index (Phi) is 3.19. The molecule has 2 N–H and O–H groups in total. The fourth-order valence-corrected chi connectivity index (χ4v) is 2.09. The highest BCUT2D eigenvalue weighted by atomic mass is 32.1. The van der Waals surface area contributed by atoms with Gasteiger partial charge in [-0.05, 0) is 19.3 Å². The highest BCUT2D eigenvalue weighted by Gasteiger charge is 2.38. The smallest absolute Gasteiger partial charge is 0.307 e. The van der Waals surface area contributed by atoms with Crippen LogP contribution in [0.5, 0.6) is 0 Å². The Bertz CT molecular complexity index is 228. The SMILES string of the molecule is O=C(O)C1CCC(S)CC1C(=O)O. The van der Waals surface area contributed by atoms with Gasteiger partial charge in [-0.3, -0.25) is 9.59 Å². The summed E-state index contributed by atoms with van der Waals surface area (Å²) in [7, 11) is 0. The number of aliphatic carboxylic acids is 2. The molecule has 4 nitrogen and oxygen atoms in total. The molecular formula is C8H12O4S. The average molecular weight is 204 g/mol. The van der Waals surface area contributed by atoms with Gasteiger partial charge in [-0.15, -0.1) is 0 Å². The van der Waals surface area contributed by atoms with Crippen molar-refractivity contribution in [1.29, 1.82) is 0 Å². The number of thiol groups is 1. The fraction of sp³-hybridized carbons (Fsp3) is 0.750. The molecular weight excluding hydrogens is 192 g/mol. The van der Waals surface area contributed by atoms with Crippen molar-refractivity contribution in [3.05, 3.63) is 0 Å². The molecule has 1 aliphatic carbocycles. The Morgan fingerprint density at radius 2 is 1.62 bits per heavy atom. The van der Waals surface area contributed by atoms with Crippen LogP contribution in [-0.4, -0.2) is 27.4 Å². The Balaban J connectivity index is 2.72. The minimum absolute atomic E-state index is 0.0247. The van der Waals surface area contributed by atoms with Gasteiger partial charge in [0.1, 0.15) is 0 Å². The van der Waals surface area contributed by atoms with Gasteiger partial charge < -0.3 is 10.2 Å². The zero-order valence-corrected chi connectivity index (χ0v) is 7.91. The van der Waals surface area contributed by atoms with Crippen molar-refractivity contribution in [2.75, 3.05) is 0 Å². The number of hydrogen-bond acceptors (Lipinski definition) is 3. The number of hydrogen-bond donors (Lipinski definition) is 3. The molecule has 1 aliphatic rings. The molecule has 0 amide bonds. The van der Waals surface area contributed by atoms with E-state index >= 15 is 0 Å². The number of carboxylic acids is 2. The first-order chi connectivity index (χ1) is 6.02. The van der Waals surface area contributed by atoms with Crippen LogP contribution in [0, 0.1) is 11.8 Å². The highest BCUT2D eigenvalue weighted by Crippen LogP contribution is 2.33. The number of rotatable bonds is 2. The predicted octanol–water partition coefficient (Wildman–Crippen LogP) is 0.870. The standard InChI is InChI=1S/C8H12O4S/c9-7(10)5-2-1-4(13)3-6(5)8(11)12/h4-6,13H,1-3H2,(H,9,10)(H,11,12). The third-order valence-electron chi connectivity index (χ3n) is 2.46. The van der Waals surface area contributed by atoms with E-state index in [1.807, 2.05) is 0 Å². The largest absolute Gasteiger partial charge is 0.481 e. The summed E-state index contributed by atoms with van der Waals surface area (Å²) in [6.07, 6.45) is 1.46. The number of carboxylic acid groups (broad SMARTS) is 2. The summed E-state index contributed by atoms with van der Waals surface area (Å²) in [5.74, 6) is -3.53. The Labute approximate surface area is 81.4 Å². The van der Waals surface area contributed by atoms with Gasteiger partial charge in [0.05, 0.1) is 11.8 Å². The molecule has 1 saturated carbocycles. The monoisotopic (exact) mass is 204 g/mol. The zero-order valence-electron chi connectivity index (χ0n) is 7.01. The van der Waals surface area contributed by atoms with Crippen LogP contribution >= 0.6 is 12.6 Å². The summed E-state index contributed by atoms with van der Waals surface area (Å²) in [6, 6.07) is 0. The van der Waals surface area contributed by atoms with E-state index in [1.165, 1.54) is 0 Å². The third kappa shape index (κ3) is 2.37. The van der Waals surface area contributed by atoms with E-state index in [9.17, 15) is 9.59 Å². The van der Waals surface area contributed by atoms with Crippen molar-refractivity contribution >= 4 is 24.6 Å². The van der Waals surface area contributed by atoms with Crippen molar-refractivity contribution in [2.45, 2.75) is 24.5 Å². The lowest BCUT2D eigenvalue weighted by molar-refractivity contribution is -0.155. The van der Waals surface area contributed by atoms with Crippen LogP contribution in [0.15, 0.2) is 0 Å². The maximum absolute atomic E-state index is 10.7. The van der Waals surface area contributed by atoms with Crippen molar-refractivity contribution in [2.24, 2.45) is 11.8 Å². The van der Waals surface area contributed by atoms with Crippen molar-refractivity contribution in [3.63, 3.8) is 0 Å². The highest BCUT2D eigenvalue weighted by molar-refractivity contribution is 7.80. The summed E-state index contributed by atoms with van der Waals surface area (Å²) in [6.45, 7) is 0. The van der Waals surface area contributed by atoms with Gasteiger partial charge in [-0.1, -0.05) is 0 Å². The van der Waals surface area contributed by atoms with Gasteiger partial charge in [0.25, 0.3) is 0 Å². The van der Waals surface area contributed by atoms with E-state index in [2.05, 4.69) is 12.6 Å². The topological polar surface area (TPSA) is 74.6 Å². The first kappa shape index (κ1) is 10.4. The van der Waals surface area contributed by atoms with E-state index in [0.29, 0.717) is 19.3 Å². The van der Waals surface area contributed by atoms with Gasteiger partial charge >= 0.3 is 11.9 Å². The lowest BCUT2D eigenvalue weighted by Gasteiger charge is -2.28. The molecule has 0 bridgehead atoms. The van der Waals surface area contributed by atoms with Crippen LogP contribution in [0.1, 0.15) is 19.3 Å². The molecule has 0 saturated heterocycles. The normalized spacial score (nSPS) is 34.1. The molecule has 0 radical (unpaired) electrons. The fourth-order valence-electron chi connectivity index (χ4n) is 1.72. The van der Waals surface area contributed by atoms with E-state index in [-0.39, 0.29) is 5.25 Å². The second-order valence-corrected chi connectivity index (χ2v) is 4.09. The van der Waals surface area contributed by atoms with Crippen LogP contribution < -0.4 is 0 Å². The molecule has 1 fully saturated rings. The second-order valence-electron chi connectivity index (χ2n) is 3.36. The average Bonchev–Trinajstić information content (AvgIpc) is 2.03. The Morgan fingerprint density at radius 3 is 2.08 bits per heavy atom. The minimum atomic E-state index is -1.02. The van der Waals surface area contributed by atoms with E-state index in [4.69, 9.17) is 10.2 Å². The van der Waals surface area contributed by atoms with Crippen molar-refractivity contribution in [1.82, 2.24) is 0 Å². The molecule has 0 aromatic heterocycles. The van der Waals surface area contributed by atoms with E-state index in [1.54, 1.807) is 0 Å². The Hall–Kier alpha value is -0.710. The molecule has 74 valence electrons. The lowest BCUT2D eigenvalue weighted by atomic mass is 9.79. The van der Waals surface area contributed by atoms with Gasteiger partial charge in [-0.2, -0.15) is 12.6 Å². The van der Waals surface area contributed by atoms with Gasteiger partial charge in [0.2, 0.25) is 0 Å². The van der Waals surface area contributed by atoms with Crippen LogP contribution in [0.25, 0.3) is 0 Å². The maximum atomic E-state index is 10.7.